The summed E-state index contributed by atoms with van der Waals surface area (Å²) >= 11 is 0. The van der Waals surface area contributed by atoms with Crippen molar-refractivity contribution >= 4 is 22.8 Å². The maximum Gasteiger partial charge on any atom is 0.336 e. The number of aromatic carboxylic acids is 1. The summed E-state index contributed by atoms with van der Waals surface area (Å²) in [6, 6.07) is 24.3. The zero-order valence-electron chi connectivity index (χ0n) is 22.9. The molecule has 0 bridgehead atoms. The van der Waals surface area contributed by atoms with Crippen LogP contribution in [0.3, 0.4) is 0 Å². The second kappa shape index (κ2) is 11.1. The molecular formula is C33H31N3O4. The van der Waals surface area contributed by atoms with Crippen LogP contribution >= 0.6 is 0 Å². The van der Waals surface area contributed by atoms with Crippen LogP contribution in [0.25, 0.3) is 22.0 Å². The molecule has 3 aromatic carbocycles. The van der Waals surface area contributed by atoms with E-state index in [1.165, 1.54) is 0 Å². The van der Waals surface area contributed by atoms with Crippen molar-refractivity contribution in [2.24, 2.45) is 0 Å². The molecule has 1 atom stereocenters. The van der Waals surface area contributed by atoms with Gasteiger partial charge in [-0.3, -0.25) is 4.79 Å². The van der Waals surface area contributed by atoms with E-state index in [0.29, 0.717) is 23.6 Å². The number of carboxylic acids is 1. The molecule has 2 heterocycles. The number of carbonyl (C=O) groups is 2. The topological polar surface area (TPSA) is 93.5 Å². The lowest BCUT2D eigenvalue weighted by Crippen LogP contribution is -2.26. The normalized spacial score (nSPS) is 11.8. The molecular weight excluding hydrogens is 502 g/mol. The van der Waals surface area contributed by atoms with Crippen molar-refractivity contribution in [2.45, 2.75) is 33.4 Å². The Labute approximate surface area is 233 Å². The van der Waals surface area contributed by atoms with Crippen LogP contribution in [0.4, 0.5) is 0 Å². The van der Waals surface area contributed by atoms with E-state index in [1.807, 2.05) is 67.6 Å². The summed E-state index contributed by atoms with van der Waals surface area (Å²) in [6.07, 6.45) is 1.71. The third-order valence-corrected chi connectivity index (χ3v) is 7.48. The molecule has 1 amide bonds. The van der Waals surface area contributed by atoms with Gasteiger partial charge in [0.15, 0.2) is 0 Å². The zero-order chi connectivity index (χ0) is 28.4. The van der Waals surface area contributed by atoms with Gasteiger partial charge in [0.2, 0.25) is 5.88 Å². The average molecular weight is 534 g/mol. The first kappa shape index (κ1) is 26.7. The fourth-order valence-corrected chi connectivity index (χ4v) is 5.02. The van der Waals surface area contributed by atoms with Gasteiger partial charge < -0.3 is 19.7 Å². The van der Waals surface area contributed by atoms with Gasteiger partial charge in [-0.15, -0.1) is 0 Å². The quantitative estimate of drug-likeness (QED) is 0.235. The monoisotopic (exact) mass is 533 g/mol. The number of aromatic nitrogens is 2. The number of amides is 1. The van der Waals surface area contributed by atoms with Crippen LogP contribution < -0.4 is 10.1 Å². The minimum atomic E-state index is -0.940. The highest BCUT2D eigenvalue weighted by atomic mass is 16.5. The summed E-state index contributed by atoms with van der Waals surface area (Å²) in [5.41, 5.74) is 7.75. The number of ether oxygens (including phenoxy) is 1. The number of fused-ring (bicyclic) bond motifs is 1. The molecule has 0 unspecified atom stereocenters. The van der Waals surface area contributed by atoms with Gasteiger partial charge in [-0.2, -0.15) is 0 Å². The molecule has 0 saturated carbocycles. The van der Waals surface area contributed by atoms with E-state index in [2.05, 4.69) is 28.7 Å². The minimum Gasteiger partial charge on any atom is -0.481 e. The smallest absolute Gasteiger partial charge is 0.336 e. The maximum absolute atomic E-state index is 13.1. The number of pyridine rings is 1. The van der Waals surface area contributed by atoms with Crippen molar-refractivity contribution in [3.63, 3.8) is 0 Å². The Balaban J connectivity index is 1.37. The van der Waals surface area contributed by atoms with Crippen molar-refractivity contribution in [3.8, 4) is 17.0 Å². The van der Waals surface area contributed by atoms with Gasteiger partial charge in [-0.25, -0.2) is 9.78 Å². The van der Waals surface area contributed by atoms with Crippen molar-refractivity contribution in [3.05, 3.63) is 119 Å². The van der Waals surface area contributed by atoms with Crippen molar-refractivity contribution < 1.29 is 19.4 Å². The molecule has 0 spiro atoms. The molecule has 5 rings (SSSR count). The molecule has 5 aromatic rings. The lowest BCUT2D eigenvalue weighted by Gasteiger charge is -2.15. The number of carboxylic acid groups (broad SMARTS) is 1. The number of nitrogens with one attached hydrogen (secondary N) is 1. The van der Waals surface area contributed by atoms with Crippen LogP contribution in [0.5, 0.6) is 5.88 Å². The van der Waals surface area contributed by atoms with Gasteiger partial charge in [0.1, 0.15) is 0 Å². The second-order valence-corrected chi connectivity index (χ2v) is 9.91. The summed E-state index contributed by atoms with van der Waals surface area (Å²) in [5, 5.41) is 13.6. The van der Waals surface area contributed by atoms with Gasteiger partial charge in [0.05, 0.1) is 18.7 Å². The second-order valence-electron chi connectivity index (χ2n) is 9.91. The van der Waals surface area contributed by atoms with E-state index in [4.69, 9.17) is 4.74 Å². The zero-order valence-corrected chi connectivity index (χ0v) is 22.9. The van der Waals surface area contributed by atoms with Gasteiger partial charge in [0, 0.05) is 41.0 Å². The minimum absolute atomic E-state index is 0.146. The Morgan fingerprint density at radius 1 is 1.00 bits per heavy atom. The number of carbonyl (C=O) groups excluding carboxylic acids is 1. The fraction of sp³-hybridized carbons (Fsp3) is 0.182. The lowest BCUT2D eigenvalue weighted by molar-refractivity contribution is 0.0697. The summed E-state index contributed by atoms with van der Waals surface area (Å²) in [5.74, 6) is -0.556. The predicted octanol–water partition coefficient (Wildman–Crippen LogP) is 6.57. The molecule has 2 aromatic heterocycles. The van der Waals surface area contributed by atoms with Crippen LogP contribution in [0.15, 0.2) is 85.1 Å². The largest absolute Gasteiger partial charge is 0.481 e. The Kier molecular flexibility index (Phi) is 7.38. The van der Waals surface area contributed by atoms with E-state index < -0.39 is 5.97 Å². The third-order valence-electron chi connectivity index (χ3n) is 7.48. The summed E-state index contributed by atoms with van der Waals surface area (Å²) in [6.45, 7) is 6.75. The summed E-state index contributed by atoms with van der Waals surface area (Å²) in [7, 11) is 1.57. The number of nitrogens with zero attached hydrogens (tertiary/aromatic N) is 2. The molecule has 7 heteroatoms. The number of hydrogen-bond acceptors (Lipinski definition) is 4. The number of benzene rings is 3. The van der Waals surface area contributed by atoms with Crippen LogP contribution in [0, 0.1) is 13.8 Å². The molecule has 7 nitrogen and oxygen atoms in total. The van der Waals surface area contributed by atoms with E-state index in [-0.39, 0.29) is 17.5 Å². The number of methoxy groups -OCH3 is 1. The highest BCUT2D eigenvalue weighted by Crippen LogP contribution is 2.29. The Hall–Kier alpha value is -4.91. The molecule has 0 fully saturated rings. The Morgan fingerprint density at radius 2 is 1.75 bits per heavy atom. The van der Waals surface area contributed by atoms with Crippen LogP contribution in [0.2, 0.25) is 0 Å². The first-order valence-electron chi connectivity index (χ1n) is 13.1. The number of hydrogen-bond donors (Lipinski definition) is 2. The maximum atomic E-state index is 13.1. The van der Waals surface area contributed by atoms with E-state index in [0.717, 1.165) is 38.9 Å². The first-order valence-corrected chi connectivity index (χ1v) is 13.1. The van der Waals surface area contributed by atoms with Gasteiger partial charge in [-0.05, 0) is 72.9 Å². The molecule has 0 aliphatic rings. The fourth-order valence-electron chi connectivity index (χ4n) is 5.02. The molecule has 2 N–H and O–H groups in total. The van der Waals surface area contributed by atoms with Crippen molar-refractivity contribution in [2.75, 3.05) is 7.11 Å². The SMILES string of the molecule is COc1ccc([C@H](C)NC(=O)c2ccc3c(c2)c(C)c(C)n3Cc2ccc(-c3ccccc3C(=O)O)cc2)cn1. The molecule has 0 radical (unpaired) electrons. The lowest BCUT2D eigenvalue weighted by atomic mass is 9.99. The first-order chi connectivity index (χ1) is 19.3. The molecule has 40 heavy (non-hydrogen) atoms. The molecule has 0 aliphatic heterocycles. The van der Waals surface area contributed by atoms with Gasteiger partial charge in [0.25, 0.3) is 5.91 Å². The van der Waals surface area contributed by atoms with Gasteiger partial charge in [-0.1, -0.05) is 48.5 Å². The number of aryl methyl sites for hydroxylation is 1. The van der Waals surface area contributed by atoms with E-state index in [1.54, 1.807) is 31.5 Å². The van der Waals surface area contributed by atoms with E-state index in [9.17, 15) is 14.7 Å². The highest BCUT2D eigenvalue weighted by molar-refractivity contribution is 5.99. The Morgan fingerprint density at radius 3 is 2.42 bits per heavy atom. The predicted molar refractivity (Wildman–Crippen MR) is 156 cm³/mol. The summed E-state index contributed by atoms with van der Waals surface area (Å²) in [4.78, 5) is 29.0. The van der Waals surface area contributed by atoms with Crippen LogP contribution in [-0.2, 0) is 6.54 Å². The van der Waals surface area contributed by atoms with Crippen LogP contribution in [-0.4, -0.2) is 33.6 Å². The third kappa shape index (κ3) is 5.18. The van der Waals surface area contributed by atoms with Gasteiger partial charge >= 0.3 is 5.97 Å². The molecule has 0 saturated heterocycles. The highest BCUT2D eigenvalue weighted by Gasteiger charge is 2.17. The van der Waals surface area contributed by atoms with Crippen molar-refractivity contribution in [1.82, 2.24) is 14.9 Å². The molecule has 0 aliphatic carbocycles. The standard InChI is InChI=1S/C33H31N3O4/c1-20-22(3)36(19-23-9-11-24(12-10-23)27-7-5-6-8-28(27)33(38)39)30-15-13-25(17-29(20)30)32(37)35-21(2)26-14-16-31(40-4)34-18-26/h5-18,21H,19H2,1-4H3,(H,35,37)(H,38,39)/t21-/m0/s1. The summed E-state index contributed by atoms with van der Waals surface area (Å²) < 4.78 is 7.36. The van der Waals surface area contributed by atoms with E-state index >= 15 is 0 Å². The average Bonchev–Trinajstić information content (AvgIpc) is 3.21. The van der Waals surface area contributed by atoms with Crippen molar-refractivity contribution in [1.29, 1.82) is 0 Å². The molecule has 202 valence electrons. The Bertz CT molecular complexity index is 1700. The van der Waals surface area contributed by atoms with Crippen LogP contribution in [0.1, 0.15) is 56.1 Å². The number of rotatable bonds is 8.